The molecule has 6 nitrogen and oxygen atoms in total. The summed E-state index contributed by atoms with van der Waals surface area (Å²) in [4.78, 5) is 18.1. The highest BCUT2D eigenvalue weighted by atomic mass is 16.2. The summed E-state index contributed by atoms with van der Waals surface area (Å²) >= 11 is 0. The number of piperidine rings is 1. The summed E-state index contributed by atoms with van der Waals surface area (Å²) in [7, 11) is 0. The van der Waals surface area contributed by atoms with E-state index < -0.39 is 0 Å². The maximum atomic E-state index is 12.2. The molecule has 2 fully saturated rings. The van der Waals surface area contributed by atoms with Crippen LogP contribution in [0, 0.1) is 11.8 Å². The van der Waals surface area contributed by atoms with E-state index in [9.17, 15) is 4.79 Å². The van der Waals surface area contributed by atoms with E-state index in [0.29, 0.717) is 12.5 Å². The normalized spacial score (nSPS) is 23.0. The fourth-order valence-corrected chi connectivity index (χ4v) is 2.85. The van der Waals surface area contributed by atoms with Crippen LogP contribution in [-0.4, -0.2) is 51.8 Å². The van der Waals surface area contributed by atoms with Gasteiger partial charge in [-0.05, 0) is 44.1 Å². The maximum absolute atomic E-state index is 12.2. The second-order valence-corrected chi connectivity index (χ2v) is 6.04. The molecule has 1 unspecified atom stereocenters. The summed E-state index contributed by atoms with van der Waals surface area (Å²) in [6.45, 7) is 4.11. The van der Waals surface area contributed by atoms with Crippen LogP contribution in [0.15, 0.2) is 12.7 Å². The molecule has 1 aromatic rings. The van der Waals surface area contributed by atoms with Crippen molar-refractivity contribution in [1.29, 1.82) is 0 Å². The van der Waals surface area contributed by atoms with E-state index in [1.54, 1.807) is 12.7 Å². The molecular formula is C14H23N5O. The number of amides is 1. The molecule has 1 atom stereocenters. The van der Waals surface area contributed by atoms with Crippen LogP contribution >= 0.6 is 0 Å². The third kappa shape index (κ3) is 3.79. The van der Waals surface area contributed by atoms with Gasteiger partial charge in [-0.1, -0.05) is 0 Å². The van der Waals surface area contributed by atoms with Gasteiger partial charge in [0.1, 0.15) is 12.7 Å². The summed E-state index contributed by atoms with van der Waals surface area (Å²) < 4.78 is 1.87. The van der Waals surface area contributed by atoms with Gasteiger partial charge in [-0.15, -0.1) is 0 Å². The number of nitrogens with zero attached hydrogens (tertiary/aromatic N) is 4. The Morgan fingerprint density at radius 2 is 2.20 bits per heavy atom. The second-order valence-electron chi connectivity index (χ2n) is 6.04. The molecule has 0 radical (unpaired) electrons. The molecule has 1 saturated heterocycles. The zero-order valence-corrected chi connectivity index (χ0v) is 11.9. The fraction of sp³-hybridized carbons (Fsp3) is 0.786. The van der Waals surface area contributed by atoms with E-state index in [1.165, 1.54) is 19.3 Å². The second kappa shape index (κ2) is 6.35. The quantitative estimate of drug-likeness (QED) is 0.823. The highest BCUT2D eigenvalue weighted by Gasteiger charge is 2.25. The Morgan fingerprint density at radius 3 is 2.95 bits per heavy atom. The molecule has 1 amide bonds. The van der Waals surface area contributed by atoms with Crippen LogP contribution in [0.5, 0.6) is 0 Å². The Hall–Kier alpha value is -1.43. The number of nitrogens with one attached hydrogen (secondary N) is 1. The predicted octanol–water partition coefficient (Wildman–Crippen LogP) is 0.516. The molecule has 2 heterocycles. The van der Waals surface area contributed by atoms with Gasteiger partial charge >= 0.3 is 0 Å². The molecule has 1 aromatic heterocycles. The van der Waals surface area contributed by atoms with Gasteiger partial charge in [-0.2, -0.15) is 5.10 Å². The predicted molar refractivity (Wildman–Crippen MR) is 74.9 cm³/mol. The first kappa shape index (κ1) is 13.5. The summed E-state index contributed by atoms with van der Waals surface area (Å²) in [5, 5.41) is 7.43. The zero-order valence-electron chi connectivity index (χ0n) is 11.9. The lowest BCUT2D eigenvalue weighted by Gasteiger charge is -2.32. The van der Waals surface area contributed by atoms with Crippen molar-refractivity contribution in [3.63, 3.8) is 0 Å². The zero-order chi connectivity index (χ0) is 13.8. The van der Waals surface area contributed by atoms with Gasteiger partial charge in [0.05, 0.1) is 6.54 Å². The standard InChI is InChI=1S/C14H23N5O/c20-14(7-15-6-12-3-4-12)18-5-1-2-13(8-18)9-19-11-16-10-17-19/h10-13,15H,1-9H2. The van der Waals surface area contributed by atoms with Gasteiger partial charge in [-0.3, -0.25) is 9.48 Å². The lowest BCUT2D eigenvalue weighted by atomic mass is 9.98. The molecular weight excluding hydrogens is 254 g/mol. The Morgan fingerprint density at radius 1 is 1.30 bits per heavy atom. The van der Waals surface area contributed by atoms with Crippen LogP contribution in [0.1, 0.15) is 25.7 Å². The molecule has 0 spiro atoms. The van der Waals surface area contributed by atoms with Crippen molar-refractivity contribution in [3.8, 4) is 0 Å². The lowest BCUT2D eigenvalue weighted by molar-refractivity contribution is -0.132. The topological polar surface area (TPSA) is 63.1 Å². The van der Waals surface area contributed by atoms with E-state index in [1.807, 2.05) is 9.58 Å². The van der Waals surface area contributed by atoms with Crippen molar-refractivity contribution in [2.24, 2.45) is 11.8 Å². The van der Waals surface area contributed by atoms with Gasteiger partial charge in [-0.25, -0.2) is 4.98 Å². The Labute approximate surface area is 119 Å². The monoisotopic (exact) mass is 277 g/mol. The van der Waals surface area contributed by atoms with Crippen LogP contribution in [0.4, 0.5) is 0 Å². The van der Waals surface area contributed by atoms with Crippen molar-refractivity contribution in [2.45, 2.75) is 32.2 Å². The summed E-state index contributed by atoms with van der Waals surface area (Å²) in [6, 6.07) is 0. The molecule has 1 aliphatic carbocycles. The minimum atomic E-state index is 0.244. The van der Waals surface area contributed by atoms with Crippen LogP contribution in [-0.2, 0) is 11.3 Å². The van der Waals surface area contributed by atoms with E-state index in [2.05, 4.69) is 15.4 Å². The number of hydrogen-bond acceptors (Lipinski definition) is 4. The highest BCUT2D eigenvalue weighted by molar-refractivity contribution is 5.78. The Kier molecular flexibility index (Phi) is 4.30. The number of likely N-dealkylation sites (tertiary alicyclic amines) is 1. The molecule has 1 saturated carbocycles. The van der Waals surface area contributed by atoms with Gasteiger partial charge in [0.25, 0.3) is 0 Å². The number of aromatic nitrogens is 3. The van der Waals surface area contributed by atoms with E-state index in [4.69, 9.17) is 0 Å². The molecule has 20 heavy (non-hydrogen) atoms. The summed E-state index contributed by atoms with van der Waals surface area (Å²) in [5.41, 5.74) is 0. The number of carbonyl (C=O) groups is 1. The van der Waals surface area contributed by atoms with E-state index >= 15 is 0 Å². The van der Waals surface area contributed by atoms with Crippen LogP contribution in [0.3, 0.4) is 0 Å². The van der Waals surface area contributed by atoms with Gasteiger partial charge in [0.15, 0.2) is 0 Å². The van der Waals surface area contributed by atoms with Crippen LogP contribution in [0.25, 0.3) is 0 Å². The first-order chi connectivity index (χ1) is 9.81. The minimum absolute atomic E-state index is 0.244. The number of carbonyl (C=O) groups excluding carboxylic acids is 1. The largest absolute Gasteiger partial charge is 0.341 e. The third-order valence-electron chi connectivity index (χ3n) is 4.19. The van der Waals surface area contributed by atoms with Crippen molar-refractivity contribution in [1.82, 2.24) is 25.0 Å². The molecule has 0 bridgehead atoms. The fourth-order valence-electron chi connectivity index (χ4n) is 2.85. The summed E-state index contributed by atoms with van der Waals surface area (Å²) in [5.74, 6) is 1.57. The van der Waals surface area contributed by atoms with E-state index in [-0.39, 0.29) is 5.91 Å². The van der Waals surface area contributed by atoms with Crippen LogP contribution < -0.4 is 5.32 Å². The average Bonchev–Trinajstić information content (AvgIpc) is 3.14. The van der Waals surface area contributed by atoms with Crippen molar-refractivity contribution >= 4 is 5.91 Å². The average molecular weight is 277 g/mol. The van der Waals surface area contributed by atoms with Crippen LogP contribution in [0.2, 0.25) is 0 Å². The first-order valence-corrected chi connectivity index (χ1v) is 7.62. The maximum Gasteiger partial charge on any atom is 0.236 e. The molecule has 110 valence electrons. The SMILES string of the molecule is O=C(CNCC1CC1)N1CCCC(Cn2cncn2)C1. The highest BCUT2D eigenvalue weighted by Crippen LogP contribution is 2.27. The van der Waals surface area contributed by atoms with Gasteiger partial charge in [0, 0.05) is 19.6 Å². The molecule has 3 rings (SSSR count). The molecule has 1 N–H and O–H groups in total. The summed E-state index contributed by atoms with van der Waals surface area (Å²) in [6.07, 6.45) is 8.22. The molecule has 1 aliphatic heterocycles. The Balaban J connectivity index is 1.42. The molecule has 6 heteroatoms. The van der Waals surface area contributed by atoms with Crippen molar-refractivity contribution in [3.05, 3.63) is 12.7 Å². The van der Waals surface area contributed by atoms with Crippen molar-refractivity contribution in [2.75, 3.05) is 26.2 Å². The molecule has 0 aromatic carbocycles. The van der Waals surface area contributed by atoms with E-state index in [0.717, 1.165) is 38.5 Å². The van der Waals surface area contributed by atoms with Gasteiger partial charge in [0.2, 0.25) is 5.91 Å². The number of hydrogen-bond donors (Lipinski definition) is 1. The van der Waals surface area contributed by atoms with Gasteiger partial charge < -0.3 is 10.2 Å². The lowest BCUT2D eigenvalue weighted by Crippen LogP contribution is -2.45. The first-order valence-electron chi connectivity index (χ1n) is 7.62. The third-order valence-corrected chi connectivity index (χ3v) is 4.19. The van der Waals surface area contributed by atoms with Crippen molar-refractivity contribution < 1.29 is 4.79 Å². The minimum Gasteiger partial charge on any atom is -0.341 e. The number of rotatable bonds is 6. The smallest absolute Gasteiger partial charge is 0.236 e. The Bertz CT molecular complexity index is 429. The molecule has 2 aliphatic rings.